The van der Waals surface area contributed by atoms with Crippen LogP contribution in [0.1, 0.15) is 30.0 Å². The number of hydrogen-bond donors (Lipinski definition) is 1. The second-order valence-corrected chi connectivity index (χ2v) is 4.66. The molecule has 0 radical (unpaired) electrons. The molecule has 0 spiro atoms. The Morgan fingerprint density at radius 3 is 2.72 bits per heavy atom. The lowest BCUT2D eigenvalue weighted by Crippen LogP contribution is -2.24. The lowest BCUT2D eigenvalue weighted by atomic mass is 10.1. The third kappa shape index (κ3) is 2.15. The van der Waals surface area contributed by atoms with Gasteiger partial charge in [0.15, 0.2) is 0 Å². The van der Waals surface area contributed by atoms with Crippen LogP contribution in [0.2, 0.25) is 5.02 Å². The van der Waals surface area contributed by atoms with E-state index in [9.17, 15) is 0 Å². The number of nitrogens with zero attached hydrogens (tertiary/aromatic N) is 4. The van der Waals surface area contributed by atoms with Gasteiger partial charge in [-0.15, -0.1) is 0 Å². The van der Waals surface area contributed by atoms with E-state index in [1.54, 1.807) is 6.20 Å². The molecular weight excluding hydrogens is 250 g/mol. The van der Waals surface area contributed by atoms with Crippen LogP contribution in [-0.2, 0) is 13.6 Å². The first-order valence-electron chi connectivity index (χ1n) is 5.97. The van der Waals surface area contributed by atoms with Crippen LogP contribution in [0.4, 0.5) is 0 Å². The van der Waals surface area contributed by atoms with Crippen molar-refractivity contribution in [2.24, 2.45) is 7.05 Å². The minimum atomic E-state index is -0.00819. The molecule has 0 fully saturated rings. The lowest BCUT2D eigenvalue weighted by Gasteiger charge is -2.18. The van der Waals surface area contributed by atoms with Crippen molar-refractivity contribution >= 4 is 11.6 Å². The van der Waals surface area contributed by atoms with Gasteiger partial charge in [0.2, 0.25) is 0 Å². The summed E-state index contributed by atoms with van der Waals surface area (Å²) in [6.45, 7) is 4.82. The smallest absolute Gasteiger partial charge is 0.0931 e. The number of hydrogen-bond acceptors (Lipinski definition) is 3. The summed E-state index contributed by atoms with van der Waals surface area (Å²) in [5.74, 6) is 0. The SMILES string of the molecule is CCn1ncc(Cl)c1C(NC)c1cc(C)nn1C. The summed E-state index contributed by atoms with van der Waals surface area (Å²) in [5.41, 5.74) is 3.04. The minimum Gasteiger partial charge on any atom is -0.307 e. The molecule has 2 rings (SSSR count). The van der Waals surface area contributed by atoms with Crippen LogP contribution in [0.3, 0.4) is 0 Å². The highest BCUT2D eigenvalue weighted by molar-refractivity contribution is 6.31. The van der Waals surface area contributed by atoms with Gasteiger partial charge >= 0.3 is 0 Å². The Morgan fingerprint density at radius 1 is 1.50 bits per heavy atom. The third-order valence-electron chi connectivity index (χ3n) is 3.03. The molecule has 98 valence electrons. The highest BCUT2D eigenvalue weighted by atomic mass is 35.5. The Morgan fingerprint density at radius 2 is 2.22 bits per heavy atom. The third-order valence-corrected chi connectivity index (χ3v) is 3.32. The summed E-state index contributed by atoms with van der Waals surface area (Å²) >= 11 is 6.25. The molecule has 6 heteroatoms. The van der Waals surface area contributed by atoms with Gasteiger partial charge in [-0.05, 0) is 27.0 Å². The van der Waals surface area contributed by atoms with Gasteiger partial charge in [0, 0.05) is 13.6 Å². The average Bonchev–Trinajstić information content (AvgIpc) is 2.85. The van der Waals surface area contributed by atoms with Crippen molar-refractivity contribution < 1.29 is 0 Å². The number of nitrogens with one attached hydrogen (secondary N) is 1. The molecule has 0 saturated carbocycles. The standard InChI is InChI=1S/C12H18ClN5/c1-5-18-12(9(13)7-15-18)11(14-3)10-6-8(2)16-17(10)4/h6-7,11,14H,5H2,1-4H3. The van der Waals surface area contributed by atoms with Gasteiger partial charge in [-0.1, -0.05) is 11.6 Å². The van der Waals surface area contributed by atoms with Gasteiger partial charge in [0.05, 0.1) is 34.3 Å². The van der Waals surface area contributed by atoms with Crippen LogP contribution < -0.4 is 5.32 Å². The summed E-state index contributed by atoms with van der Waals surface area (Å²) in [6, 6.07) is 2.05. The average molecular weight is 268 g/mol. The second-order valence-electron chi connectivity index (χ2n) is 4.25. The quantitative estimate of drug-likeness (QED) is 0.921. The number of rotatable bonds is 4. The molecule has 1 N–H and O–H groups in total. The first-order chi connectivity index (χ1) is 8.58. The molecule has 5 nitrogen and oxygen atoms in total. The second kappa shape index (κ2) is 5.12. The van der Waals surface area contributed by atoms with Crippen molar-refractivity contribution in [2.75, 3.05) is 7.05 Å². The van der Waals surface area contributed by atoms with Crippen LogP contribution >= 0.6 is 11.6 Å². The molecule has 0 aliphatic heterocycles. The summed E-state index contributed by atoms with van der Waals surface area (Å²) in [4.78, 5) is 0. The van der Waals surface area contributed by atoms with Crippen LogP contribution in [0, 0.1) is 6.92 Å². The lowest BCUT2D eigenvalue weighted by molar-refractivity contribution is 0.535. The zero-order valence-corrected chi connectivity index (χ0v) is 11.9. The van der Waals surface area contributed by atoms with Crippen molar-refractivity contribution in [2.45, 2.75) is 26.4 Å². The van der Waals surface area contributed by atoms with Crippen molar-refractivity contribution in [3.8, 4) is 0 Å². The van der Waals surface area contributed by atoms with E-state index in [1.165, 1.54) is 0 Å². The fourth-order valence-electron chi connectivity index (χ4n) is 2.24. The van der Waals surface area contributed by atoms with E-state index in [1.807, 2.05) is 37.3 Å². The Labute approximate surface area is 112 Å². The Hall–Kier alpha value is -1.33. The highest BCUT2D eigenvalue weighted by Gasteiger charge is 2.23. The number of aryl methyl sites for hydroxylation is 3. The van der Waals surface area contributed by atoms with E-state index in [0.717, 1.165) is 23.6 Å². The monoisotopic (exact) mass is 267 g/mol. The maximum absolute atomic E-state index is 6.25. The predicted molar refractivity (Wildman–Crippen MR) is 71.8 cm³/mol. The summed E-state index contributed by atoms with van der Waals surface area (Å²) in [5, 5.41) is 12.6. The van der Waals surface area contributed by atoms with Gasteiger partial charge < -0.3 is 5.32 Å². The summed E-state index contributed by atoms with van der Waals surface area (Å²) in [7, 11) is 3.85. The molecule has 0 amide bonds. The molecule has 18 heavy (non-hydrogen) atoms. The zero-order valence-electron chi connectivity index (χ0n) is 11.1. The van der Waals surface area contributed by atoms with Gasteiger partial charge in [-0.2, -0.15) is 10.2 Å². The van der Waals surface area contributed by atoms with Gasteiger partial charge in [0.1, 0.15) is 0 Å². The van der Waals surface area contributed by atoms with Crippen LogP contribution in [0.15, 0.2) is 12.3 Å². The molecule has 0 aliphatic rings. The Kier molecular flexibility index (Phi) is 3.73. The largest absolute Gasteiger partial charge is 0.307 e. The predicted octanol–water partition coefficient (Wildman–Crippen LogP) is 1.91. The van der Waals surface area contributed by atoms with E-state index >= 15 is 0 Å². The molecule has 1 unspecified atom stereocenters. The molecular formula is C12H18ClN5. The minimum absolute atomic E-state index is 0.00819. The first-order valence-corrected chi connectivity index (χ1v) is 6.35. The zero-order chi connectivity index (χ0) is 13.3. The number of aromatic nitrogens is 4. The molecule has 2 heterocycles. The van der Waals surface area contributed by atoms with E-state index in [2.05, 4.69) is 21.6 Å². The highest BCUT2D eigenvalue weighted by Crippen LogP contribution is 2.28. The van der Waals surface area contributed by atoms with Crippen molar-refractivity contribution in [1.29, 1.82) is 0 Å². The molecule has 2 aromatic rings. The van der Waals surface area contributed by atoms with Crippen LogP contribution in [0.25, 0.3) is 0 Å². The fraction of sp³-hybridized carbons (Fsp3) is 0.500. The first kappa shape index (κ1) is 13.1. The number of halogens is 1. The summed E-state index contributed by atoms with van der Waals surface area (Å²) in [6.07, 6.45) is 1.69. The Bertz CT molecular complexity index is 543. The van der Waals surface area contributed by atoms with Gasteiger partial charge in [-0.3, -0.25) is 9.36 Å². The fourth-order valence-corrected chi connectivity index (χ4v) is 2.49. The molecule has 2 aromatic heterocycles. The van der Waals surface area contributed by atoms with E-state index in [4.69, 9.17) is 11.6 Å². The normalized spacial score (nSPS) is 12.9. The van der Waals surface area contributed by atoms with E-state index in [0.29, 0.717) is 5.02 Å². The van der Waals surface area contributed by atoms with E-state index < -0.39 is 0 Å². The molecule has 0 saturated heterocycles. The van der Waals surface area contributed by atoms with Crippen molar-refractivity contribution in [1.82, 2.24) is 24.9 Å². The van der Waals surface area contributed by atoms with Crippen LogP contribution in [-0.4, -0.2) is 26.6 Å². The molecule has 0 aromatic carbocycles. The topological polar surface area (TPSA) is 47.7 Å². The maximum Gasteiger partial charge on any atom is 0.0931 e. The van der Waals surface area contributed by atoms with Crippen LogP contribution in [0.5, 0.6) is 0 Å². The molecule has 0 aliphatic carbocycles. The van der Waals surface area contributed by atoms with Crippen molar-refractivity contribution in [3.63, 3.8) is 0 Å². The van der Waals surface area contributed by atoms with Crippen molar-refractivity contribution in [3.05, 3.63) is 34.4 Å². The van der Waals surface area contributed by atoms with E-state index in [-0.39, 0.29) is 6.04 Å². The Balaban J connectivity index is 2.51. The summed E-state index contributed by atoms with van der Waals surface area (Å²) < 4.78 is 3.78. The maximum atomic E-state index is 6.25. The molecule has 1 atom stereocenters. The molecule has 0 bridgehead atoms. The van der Waals surface area contributed by atoms with Gasteiger partial charge in [-0.25, -0.2) is 0 Å². The van der Waals surface area contributed by atoms with Gasteiger partial charge in [0.25, 0.3) is 0 Å².